The van der Waals surface area contributed by atoms with Gasteiger partial charge in [-0.25, -0.2) is 0 Å². The van der Waals surface area contributed by atoms with E-state index in [-0.39, 0.29) is 12.0 Å². The van der Waals surface area contributed by atoms with Gasteiger partial charge in [0.15, 0.2) is 5.82 Å². The highest BCUT2D eigenvalue weighted by molar-refractivity contribution is 5.95. The standard InChI is InChI=1S/C21H27N3O4/c1-15-22-20(24-28-15)21(10-3-2-4-11-21)23-19(25)16-7-5-8-17(13-16)27-14-18-9-6-12-26-18/h5,7-8,13,18H,2-4,6,9-12,14H2,1H3,(H,23,25)/t18-/m1/s1. The van der Waals surface area contributed by atoms with Crippen LogP contribution in [0.5, 0.6) is 5.75 Å². The molecule has 1 atom stereocenters. The number of rotatable bonds is 6. The van der Waals surface area contributed by atoms with Gasteiger partial charge in [-0.1, -0.05) is 30.5 Å². The Bertz CT molecular complexity index is 807. The zero-order chi connectivity index (χ0) is 19.4. The molecule has 1 N–H and O–H groups in total. The summed E-state index contributed by atoms with van der Waals surface area (Å²) in [7, 11) is 0. The van der Waals surface area contributed by atoms with E-state index < -0.39 is 5.54 Å². The van der Waals surface area contributed by atoms with Crippen molar-refractivity contribution in [2.24, 2.45) is 0 Å². The molecule has 1 saturated heterocycles. The molecule has 7 heteroatoms. The molecule has 0 bridgehead atoms. The number of carbonyl (C=O) groups excluding carboxylic acids is 1. The second kappa shape index (κ2) is 8.31. The Morgan fingerprint density at radius 3 is 2.86 bits per heavy atom. The van der Waals surface area contributed by atoms with Gasteiger partial charge in [0.2, 0.25) is 5.89 Å². The fraction of sp³-hybridized carbons (Fsp3) is 0.571. The fourth-order valence-corrected chi connectivity index (χ4v) is 4.04. The van der Waals surface area contributed by atoms with E-state index in [0.29, 0.717) is 29.6 Å². The third-order valence-corrected chi connectivity index (χ3v) is 5.57. The Hall–Kier alpha value is -2.41. The summed E-state index contributed by atoms with van der Waals surface area (Å²) in [6.07, 6.45) is 7.07. The van der Waals surface area contributed by atoms with E-state index in [2.05, 4.69) is 15.5 Å². The Morgan fingerprint density at radius 1 is 1.29 bits per heavy atom. The molecule has 1 aliphatic carbocycles. The minimum atomic E-state index is -0.568. The number of aromatic nitrogens is 2. The molecule has 0 spiro atoms. The minimum absolute atomic E-state index is 0.143. The van der Waals surface area contributed by atoms with Crippen LogP contribution in [0.25, 0.3) is 0 Å². The summed E-state index contributed by atoms with van der Waals surface area (Å²) in [4.78, 5) is 17.4. The van der Waals surface area contributed by atoms with Crippen molar-refractivity contribution in [1.29, 1.82) is 0 Å². The second-order valence-electron chi connectivity index (χ2n) is 7.71. The molecule has 28 heavy (non-hydrogen) atoms. The molecule has 1 aliphatic heterocycles. The molecule has 7 nitrogen and oxygen atoms in total. The maximum atomic E-state index is 13.0. The van der Waals surface area contributed by atoms with E-state index in [1.165, 1.54) is 0 Å². The predicted octanol–water partition coefficient (Wildman–Crippen LogP) is 3.53. The lowest BCUT2D eigenvalue weighted by Gasteiger charge is -2.35. The predicted molar refractivity (Wildman–Crippen MR) is 102 cm³/mol. The average molecular weight is 385 g/mol. The fourth-order valence-electron chi connectivity index (χ4n) is 4.04. The molecule has 2 fully saturated rings. The van der Waals surface area contributed by atoms with Gasteiger partial charge in [-0.3, -0.25) is 4.79 Å². The number of carbonyl (C=O) groups is 1. The first-order valence-electron chi connectivity index (χ1n) is 10.1. The highest BCUT2D eigenvalue weighted by Crippen LogP contribution is 2.36. The number of nitrogens with zero attached hydrogens (tertiary/aromatic N) is 2. The molecule has 2 aliphatic rings. The number of nitrogens with one attached hydrogen (secondary N) is 1. The quantitative estimate of drug-likeness (QED) is 0.819. The normalized spacial score (nSPS) is 21.4. The Labute approximate surface area is 164 Å². The Balaban J connectivity index is 1.47. The van der Waals surface area contributed by atoms with Crippen LogP contribution in [0.3, 0.4) is 0 Å². The summed E-state index contributed by atoms with van der Waals surface area (Å²) in [5.41, 5.74) is -0.00299. The van der Waals surface area contributed by atoms with Crippen LogP contribution >= 0.6 is 0 Å². The number of aryl methyl sites for hydroxylation is 1. The van der Waals surface area contributed by atoms with Crippen molar-refractivity contribution in [3.8, 4) is 5.75 Å². The molecule has 1 saturated carbocycles. The summed E-state index contributed by atoms with van der Waals surface area (Å²) in [5.74, 6) is 1.62. The minimum Gasteiger partial charge on any atom is -0.491 e. The van der Waals surface area contributed by atoms with Crippen LogP contribution in [-0.4, -0.2) is 35.4 Å². The Morgan fingerprint density at radius 2 is 2.14 bits per heavy atom. The van der Waals surface area contributed by atoms with Gasteiger partial charge in [0, 0.05) is 19.1 Å². The van der Waals surface area contributed by atoms with Gasteiger partial charge in [-0.2, -0.15) is 4.98 Å². The van der Waals surface area contributed by atoms with Crippen molar-refractivity contribution in [3.05, 3.63) is 41.5 Å². The molecule has 1 aromatic carbocycles. The van der Waals surface area contributed by atoms with Gasteiger partial charge >= 0.3 is 0 Å². The van der Waals surface area contributed by atoms with Crippen molar-refractivity contribution < 1.29 is 18.8 Å². The molecule has 2 aromatic rings. The molecular formula is C21H27N3O4. The molecule has 2 heterocycles. The molecule has 1 amide bonds. The van der Waals surface area contributed by atoms with E-state index >= 15 is 0 Å². The molecular weight excluding hydrogens is 358 g/mol. The van der Waals surface area contributed by atoms with E-state index in [1.54, 1.807) is 19.1 Å². The third-order valence-electron chi connectivity index (χ3n) is 5.57. The van der Waals surface area contributed by atoms with Crippen molar-refractivity contribution in [1.82, 2.24) is 15.5 Å². The molecule has 150 valence electrons. The zero-order valence-electron chi connectivity index (χ0n) is 16.3. The first-order valence-corrected chi connectivity index (χ1v) is 10.1. The van der Waals surface area contributed by atoms with Crippen LogP contribution in [-0.2, 0) is 10.3 Å². The SMILES string of the molecule is Cc1nc(C2(NC(=O)c3cccc(OC[C@H]4CCCO4)c3)CCCCC2)no1. The van der Waals surface area contributed by atoms with E-state index in [1.807, 2.05) is 12.1 Å². The Kier molecular flexibility index (Phi) is 5.62. The van der Waals surface area contributed by atoms with Crippen LogP contribution in [0, 0.1) is 6.92 Å². The van der Waals surface area contributed by atoms with Gasteiger partial charge in [-0.15, -0.1) is 0 Å². The van der Waals surface area contributed by atoms with Crippen LogP contribution in [0.1, 0.15) is 67.0 Å². The highest BCUT2D eigenvalue weighted by atomic mass is 16.5. The van der Waals surface area contributed by atoms with Crippen molar-refractivity contribution in [3.63, 3.8) is 0 Å². The van der Waals surface area contributed by atoms with Crippen LogP contribution in [0.2, 0.25) is 0 Å². The lowest BCUT2D eigenvalue weighted by Crippen LogP contribution is -2.48. The van der Waals surface area contributed by atoms with E-state index in [0.717, 1.165) is 51.6 Å². The van der Waals surface area contributed by atoms with Gasteiger partial charge in [-0.05, 0) is 43.9 Å². The largest absolute Gasteiger partial charge is 0.491 e. The zero-order valence-corrected chi connectivity index (χ0v) is 16.3. The summed E-state index contributed by atoms with van der Waals surface area (Å²) in [6, 6.07) is 7.28. The van der Waals surface area contributed by atoms with Gasteiger partial charge in [0.25, 0.3) is 5.91 Å². The lowest BCUT2D eigenvalue weighted by atomic mass is 9.80. The summed E-state index contributed by atoms with van der Waals surface area (Å²) in [6.45, 7) is 3.08. The second-order valence-corrected chi connectivity index (χ2v) is 7.71. The molecule has 0 unspecified atom stereocenters. The molecule has 4 rings (SSSR count). The maximum absolute atomic E-state index is 13.0. The first-order chi connectivity index (χ1) is 13.6. The number of amides is 1. The third kappa shape index (κ3) is 4.19. The van der Waals surface area contributed by atoms with Crippen molar-refractivity contribution in [2.75, 3.05) is 13.2 Å². The molecule has 0 radical (unpaired) electrons. The number of hydrogen-bond donors (Lipinski definition) is 1. The van der Waals surface area contributed by atoms with Crippen molar-refractivity contribution in [2.45, 2.75) is 63.5 Å². The first kappa shape index (κ1) is 18.9. The number of ether oxygens (including phenoxy) is 2. The van der Waals surface area contributed by atoms with Crippen LogP contribution < -0.4 is 10.1 Å². The number of hydrogen-bond acceptors (Lipinski definition) is 6. The van der Waals surface area contributed by atoms with Crippen LogP contribution in [0.15, 0.2) is 28.8 Å². The van der Waals surface area contributed by atoms with Gasteiger partial charge in [0.1, 0.15) is 17.9 Å². The van der Waals surface area contributed by atoms with E-state index in [9.17, 15) is 4.79 Å². The van der Waals surface area contributed by atoms with Crippen molar-refractivity contribution >= 4 is 5.91 Å². The summed E-state index contributed by atoms with van der Waals surface area (Å²) >= 11 is 0. The topological polar surface area (TPSA) is 86.5 Å². The lowest BCUT2D eigenvalue weighted by molar-refractivity contribution is 0.0679. The summed E-state index contributed by atoms with van der Waals surface area (Å²) < 4.78 is 16.6. The maximum Gasteiger partial charge on any atom is 0.252 e. The highest BCUT2D eigenvalue weighted by Gasteiger charge is 2.39. The van der Waals surface area contributed by atoms with Gasteiger partial charge < -0.3 is 19.3 Å². The number of benzene rings is 1. The smallest absolute Gasteiger partial charge is 0.252 e. The monoisotopic (exact) mass is 385 g/mol. The molecule has 1 aromatic heterocycles. The summed E-state index contributed by atoms with van der Waals surface area (Å²) in [5, 5.41) is 7.31. The van der Waals surface area contributed by atoms with Gasteiger partial charge in [0.05, 0.1) is 6.10 Å². The van der Waals surface area contributed by atoms with Crippen LogP contribution in [0.4, 0.5) is 0 Å². The van der Waals surface area contributed by atoms with E-state index in [4.69, 9.17) is 14.0 Å². The average Bonchev–Trinajstić information content (AvgIpc) is 3.39.